The molecule has 2 amide bonds. The van der Waals surface area contributed by atoms with E-state index in [-0.39, 0.29) is 17.7 Å². The van der Waals surface area contributed by atoms with Crippen molar-refractivity contribution in [2.24, 2.45) is 5.73 Å². The number of hydrazine groups is 1. The number of hydrogen-bond acceptors (Lipinski definition) is 8. The molecule has 0 spiro atoms. The van der Waals surface area contributed by atoms with E-state index in [1.54, 1.807) is 48.5 Å². The van der Waals surface area contributed by atoms with E-state index in [1.807, 2.05) is 20.8 Å². The van der Waals surface area contributed by atoms with Gasteiger partial charge in [0.1, 0.15) is 11.9 Å². The van der Waals surface area contributed by atoms with Crippen molar-refractivity contribution >= 4 is 29.3 Å². The van der Waals surface area contributed by atoms with Gasteiger partial charge >= 0.3 is 18.1 Å². The van der Waals surface area contributed by atoms with E-state index in [9.17, 15) is 22.8 Å². The number of rotatable bonds is 10. The molecule has 0 aliphatic heterocycles. The lowest BCUT2D eigenvalue weighted by atomic mass is 10.0. The Labute approximate surface area is 238 Å². The molecule has 1 aromatic heterocycles. The number of hydrogen-bond donors (Lipinski definition) is 6. The third kappa shape index (κ3) is 10.1. The third-order valence-corrected chi connectivity index (χ3v) is 5.02. The van der Waals surface area contributed by atoms with Gasteiger partial charge < -0.3 is 30.0 Å². The molecule has 3 rings (SSSR count). The maximum absolute atomic E-state index is 13.2. The summed E-state index contributed by atoms with van der Waals surface area (Å²) in [6, 6.07) is 14.1. The van der Waals surface area contributed by atoms with E-state index < -0.39 is 30.0 Å². The van der Waals surface area contributed by atoms with Gasteiger partial charge in [-0.05, 0) is 74.9 Å². The van der Waals surface area contributed by atoms with E-state index in [4.69, 9.17) is 34.9 Å². The molecule has 226 valence electrons. The van der Waals surface area contributed by atoms with Crippen LogP contribution in [0.1, 0.15) is 48.5 Å². The van der Waals surface area contributed by atoms with Crippen molar-refractivity contribution in [3.63, 3.8) is 0 Å². The molecule has 0 aliphatic rings. The van der Waals surface area contributed by atoms with Crippen molar-refractivity contribution in [1.29, 1.82) is 5.41 Å². The third-order valence-electron chi connectivity index (χ3n) is 5.02. The number of carbonyl (C=O) groups excluding carboxylic acids is 2. The maximum atomic E-state index is 13.2. The van der Waals surface area contributed by atoms with Crippen LogP contribution in [0.15, 0.2) is 65.3 Å². The van der Waals surface area contributed by atoms with Gasteiger partial charge in [-0.3, -0.25) is 25.8 Å². The predicted octanol–water partition coefficient (Wildman–Crippen LogP) is 4.00. The van der Waals surface area contributed by atoms with Crippen LogP contribution in [-0.2, 0) is 9.59 Å². The topological polar surface area (TPSA) is 189 Å². The Hall–Kier alpha value is -5.21. The highest BCUT2D eigenvalue weighted by Crippen LogP contribution is 2.33. The number of nitrogens with one attached hydrogen (secondary N) is 4. The number of carboxylic acids is 1. The number of nitrogens with two attached hydrogens (primary N) is 1. The molecule has 42 heavy (non-hydrogen) atoms. The predicted molar refractivity (Wildman–Crippen MR) is 145 cm³/mol. The first-order valence-corrected chi connectivity index (χ1v) is 12.3. The van der Waals surface area contributed by atoms with Gasteiger partial charge in [0.2, 0.25) is 0 Å². The maximum Gasteiger partial charge on any atom is 0.490 e. The van der Waals surface area contributed by atoms with E-state index in [1.165, 1.54) is 12.3 Å². The fraction of sp³-hybridized carbons (Fsp3) is 0.259. The first kappa shape index (κ1) is 33.0. The number of carboxylic acid groups (broad SMARTS) is 1. The first-order valence-electron chi connectivity index (χ1n) is 12.3. The molecular weight excluding hydrogens is 563 g/mol. The highest BCUT2D eigenvalue weighted by Gasteiger charge is 2.38. The molecule has 0 radical (unpaired) electrons. The molecule has 1 heterocycles. The van der Waals surface area contributed by atoms with Crippen LogP contribution in [0.5, 0.6) is 11.5 Å². The van der Waals surface area contributed by atoms with Crippen molar-refractivity contribution in [3.8, 4) is 11.5 Å². The molecule has 7 N–H and O–H groups in total. The van der Waals surface area contributed by atoms with Gasteiger partial charge in [-0.1, -0.05) is 6.07 Å². The second-order valence-corrected chi connectivity index (χ2v) is 8.60. The zero-order valence-electron chi connectivity index (χ0n) is 22.7. The van der Waals surface area contributed by atoms with Crippen LogP contribution in [0.4, 0.5) is 18.9 Å². The molecule has 12 nitrogen and oxygen atoms in total. The number of alkyl halides is 3. The standard InChI is InChI=1S/C25H29N5O5.C2HF3O2/c1-4-33-21-14-17(9-12-19(21)35-15(2)3)22(28-18-10-7-16(8-11-18)23(26)27)25(32)30-29-24(31)20-6-5-13-34-20;3-2(4,5)1(6)7/h5-15,22,28H,4H2,1-3H3,(H3,26,27)(H,29,31)(H,30,32);(H,6,7). The van der Waals surface area contributed by atoms with Crippen molar-refractivity contribution in [2.45, 2.75) is 39.1 Å². The summed E-state index contributed by atoms with van der Waals surface area (Å²) in [5, 5.41) is 17.8. The summed E-state index contributed by atoms with van der Waals surface area (Å²) >= 11 is 0. The van der Waals surface area contributed by atoms with Gasteiger partial charge in [0.15, 0.2) is 17.3 Å². The van der Waals surface area contributed by atoms with Crippen LogP contribution >= 0.6 is 0 Å². The minimum atomic E-state index is -5.08. The number of amidine groups is 1. The normalized spacial score (nSPS) is 11.4. The SMILES string of the molecule is CCOc1cc(C(Nc2ccc(C(=N)N)cc2)C(=O)NNC(=O)c2ccco2)ccc1OC(C)C.O=C(O)C(F)(F)F. The molecule has 15 heteroatoms. The molecule has 0 saturated heterocycles. The van der Waals surface area contributed by atoms with E-state index >= 15 is 0 Å². The average Bonchev–Trinajstić information content (AvgIpc) is 3.46. The van der Waals surface area contributed by atoms with Crippen LogP contribution in [0.2, 0.25) is 0 Å². The zero-order valence-corrected chi connectivity index (χ0v) is 22.7. The molecular formula is C27H30F3N5O7. The van der Waals surface area contributed by atoms with Crippen LogP contribution < -0.4 is 31.4 Å². The smallest absolute Gasteiger partial charge is 0.490 e. The Morgan fingerprint density at radius 2 is 1.69 bits per heavy atom. The Bertz CT molecular complexity index is 1360. The number of aliphatic carboxylic acids is 1. The molecule has 0 aliphatic carbocycles. The van der Waals surface area contributed by atoms with Crippen LogP contribution in [0.3, 0.4) is 0 Å². The number of carbonyl (C=O) groups is 3. The second kappa shape index (κ2) is 15.0. The van der Waals surface area contributed by atoms with Gasteiger partial charge in [-0.2, -0.15) is 13.2 Å². The quantitative estimate of drug-likeness (QED) is 0.115. The van der Waals surface area contributed by atoms with Crippen molar-refractivity contribution in [1.82, 2.24) is 10.9 Å². The van der Waals surface area contributed by atoms with Gasteiger partial charge in [0, 0.05) is 11.3 Å². The summed E-state index contributed by atoms with van der Waals surface area (Å²) in [7, 11) is 0. The second-order valence-electron chi connectivity index (χ2n) is 8.60. The summed E-state index contributed by atoms with van der Waals surface area (Å²) in [5.74, 6) is -2.83. The van der Waals surface area contributed by atoms with E-state index in [0.29, 0.717) is 34.9 Å². The lowest BCUT2D eigenvalue weighted by Crippen LogP contribution is -2.45. The van der Waals surface area contributed by atoms with Gasteiger partial charge in [-0.25, -0.2) is 4.79 Å². The van der Waals surface area contributed by atoms with Gasteiger partial charge in [-0.15, -0.1) is 0 Å². The Morgan fingerprint density at radius 1 is 1.05 bits per heavy atom. The van der Waals surface area contributed by atoms with E-state index in [0.717, 1.165) is 0 Å². The van der Waals surface area contributed by atoms with Crippen LogP contribution in [0.25, 0.3) is 0 Å². The van der Waals surface area contributed by atoms with Crippen LogP contribution in [-0.4, -0.2) is 47.6 Å². The lowest BCUT2D eigenvalue weighted by molar-refractivity contribution is -0.192. The molecule has 1 atom stereocenters. The number of nitrogen functional groups attached to an aromatic ring is 1. The average molecular weight is 594 g/mol. The highest BCUT2D eigenvalue weighted by molar-refractivity contribution is 5.96. The summed E-state index contributed by atoms with van der Waals surface area (Å²) in [6.07, 6.45) is -3.78. The van der Waals surface area contributed by atoms with Gasteiger partial charge in [0.05, 0.1) is 19.0 Å². The van der Waals surface area contributed by atoms with Crippen molar-refractivity contribution in [3.05, 3.63) is 77.7 Å². The Kier molecular flexibility index (Phi) is 11.8. The number of furan rings is 1. The van der Waals surface area contributed by atoms with Crippen LogP contribution in [0, 0.1) is 5.41 Å². The Morgan fingerprint density at radius 3 is 2.19 bits per heavy atom. The fourth-order valence-corrected chi connectivity index (χ4v) is 3.20. The number of amides is 2. The Balaban J connectivity index is 0.000000782. The highest BCUT2D eigenvalue weighted by atomic mass is 19.4. The minimum Gasteiger partial charge on any atom is -0.490 e. The molecule has 0 saturated carbocycles. The number of ether oxygens (including phenoxy) is 2. The molecule has 0 fully saturated rings. The molecule has 1 unspecified atom stereocenters. The molecule has 3 aromatic rings. The number of benzene rings is 2. The minimum absolute atomic E-state index is 0.0587. The largest absolute Gasteiger partial charge is 0.490 e. The summed E-state index contributed by atoms with van der Waals surface area (Å²) in [6.45, 7) is 6.09. The van der Waals surface area contributed by atoms with E-state index in [2.05, 4.69) is 16.2 Å². The zero-order chi connectivity index (χ0) is 31.4. The summed E-state index contributed by atoms with van der Waals surface area (Å²) < 4.78 is 48.4. The lowest BCUT2D eigenvalue weighted by Gasteiger charge is -2.22. The number of halogens is 3. The van der Waals surface area contributed by atoms with Crippen molar-refractivity contribution < 1.29 is 46.6 Å². The first-order chi connectivity index (χ1) is 19.7. The van der Waals surface area contributed by atoms with Crippen molar-refractivity contribution in [2.75, 3.05) is 11.9 Å². The summed E-state index contributed by atoms with van der Waals surface area (Å²) in [4.78, 5) is 34.3. The van der Waals surface area contributed by atoms with Gasteiger partial charge in [0.25, 0.3) is 5.91 Å². The number of anilines is 1. The molecule has 0 bridgehead atoms. The fourth-order valence-electron chi connectivity index (χ4n) is 3.20. The monoisotopic (exact) mass is 593 g/mol. The summed E-state index contributed by atoms with van der Waals surface area (Å²) in [5.41, 5.74) is 12.0. The molecule has 2 aromatic carbocycles.